The summed E-state index contributed by atoms with van der Waals surface area (Å²) in [5, 5.41) is 4.28. The molecule has 3 nitrogen and oxygen atoms in total. The highest BCUT2D eigenvalue weighted by atomic mass is 15.0. The van der Waals surface area contributed by atoms with Crippen LogP contribution in [0.2, 0.25) is 0 Å². The molecule has 0 saturated carbocycles. The van der Waals surface area contributed by atoms with Gasteiger partial charge < -0.3 is 5.32 Å². The van der Waals surface area contributed by atoms with Crippen molar-refractivity contribution in [3.63, 3.8) is 0 Å². The number of nitrogens with one attached hydrogen (secondary N) is 1. The molecule has 0 aliphatic carbocycles. The van der Waals surface area contributed by atoms with Crippen LogP contribution in [0.15, 0.2) is 30.6 Å². The molecule has 0 fully saturated rings. The van der Waals surface area contributed by atoms with E-state index in [-0.39, 0.29) is 0 Å². The van der Waals surface area contributed by atoms with Crippen molar-refractivity contribution in [1.82, 2.24) is 9.97 Å². The van der Waals surface area contributed by atoms with Crippen molar-refractivity contribution < 1.29 is 0 Å². The number of fused-ring (bicyclic) bond motifs is 1. The Kier molecular flexibility index (Phi) is 2.08. The molecule has 2 heterocycles. The molecule has 0 radical (unpaired) electrons. The Labute approximate surface area is 76.8 Å². The van der Waals surface area contributed by atoms with Gasteiger partial charge in [0.15, 0.2) is 0 Å². The van der Waals surface area contributed by atoms with E-state index in [0.29, 0.717) is 0 Å². The molecule has 2 aromatic rings. The topological polar surface area (TPSA) is 37.8 Å². The van der Waals surface area contributed by atoms with E-state index in [2.05, 4.69) is 22.2 Å². The summed E-state index contributed by atoms with van der Waals surface area (Å²) in [4.78, 5) is 8.49. The molecule has 0 aliphatic rings. The van der Waals surface area contributed by atoms with Gasteiger partial charge in [0.1, 0.15) is 5.82 Å². The molecule has 13 heavy (non-hydrogen) atoms. The third-order valence-corrected chi connectivity index (χ3v) is 1.87. The standard InChI is InChI=1S/C10H11N3/c1-2-11-10-8-4-3-6-12-9(8)5-7-13-10/h3-7H,2H2,1H3,(H,11,13). The Morgan fingerprint density at radius 3 is 3.00 bits per heavy atom. The number of pyridine rings is 2. The predicted octanol–water partition coefficient (Wildman–Crippen LogP) is 2.06. The van der Waals surface area contributed by atoms with E-state index >= 15 is 0 Å². The fraction of sp³-hybridized carbons (Fsp3) is 0.200. The second-order valence-electron chi connectivity index (χ2n) is 2.76. The summed E-state index contributed by atoms with van der Waals surface area (Å²) in [5.41, 5.74) is 0.980. The molecule has 0 aromatic carbocycles. The smallest absolute Gasteiger partial charge is 0.135 e. The van der Waals surface area contributed by atoms with Gasteiger partial charge in [0, 0.05) is 24.3 Å². The first-order chi connectivity index (χ1) is 6.42. The van der Waals surface area contributed by atoms with Crippen LogP contribution in [0.5, 0.6) is 0 Å². The lowest BCUT2D eigenvalue weighted by Gasteiger charge is -2.04. The molecule has 2 aromatic heterocycles. The first-order valence-electron chi connectivity index (χ1n) is 4.35. The zero-order valence-corrected chi connectivity index (χ0v) is 7.49. The first kappa shape index (κ1) is 7.98. The van der Waals surface area contributed by atoms with Crippen molar-refractivity contribution in [2.45, 2.75) is 6.92 Å². The summed E-state index contributed by atoms with van der Waals surface area (Å²) in [5.74, 6) is 0.910. The lowest BCUT2D eigenvalue weighted by atomic mass is 10.2. The second kappa shape index (κ2) is 3.39. The zero-order valence-electron chi connectivity index (χ0n) is 7.49. The fourth-order valence-electron chi connectivity index (χ4n) is 1.31. The van der Waals surface area contributed by atoms with Crippen molar-refractivity contribution in [2.24, 2.45) is 0 Å². The highest BCUT2D eigenvalue weighted by Gasteiger charge is 1.99. The largest absolute Gasteiger partial charge is 0.370 e. The van der Waals surface area contributed by atoms with Gasteiger partial charge in [-0.05, 0) is 25.1 Å². The number of hydrogen-bond acceptors (Lipinski definition) is 3. The summed E-state index contributed by atoms with van der Waals surface area (Å²) in [6, 6.07) is 5.86. The van der Waals surface area contributed by atoms with E-state index in [1.54, 1.807) is 12.4 Å². The SMILES string of the molecule is CCNc1nccc2ncccc12. The zero-order chi connectivity index (χ0) is 9.10. The van der Waals surface area contributed by atoms with Gasteiger partial charge in [-0.2, -0.15) is 0 Å². The monoisotopic (exact) mass is 173 g/mol. The molecule has 0 spiro atoms. The van der Waals surface area contributed by atoms with E-state index in [0.717, 1.165) is 23.3 Å². The van der Waals surface area contributed by atoms with Crippen molar-refractivity contribution in [3.05, 3.63) is 30.6 Å². The Hall–Kier alpha value is -1.64. The van der Waals surface area contributed by atoms with Gasteiger partial charge in [-0.25, -0.2) is 4.98 Å². The maximum Gasteiger partial charge on any atom is 0.135 e. The molecule has 0 bridgehead atoms. The molecule has 1 N–H and O–H groups in total. The Morgan fingerprint density at radius 1 is 1.23 bits per heavy atom. The molecule has 0 saturated heterocycles. The van der Waals surface area contributed by atoms with Crippen molar-refractivity contribution in [1.29, 1.82) is 0 Å². The molecule has 0 amide bonds. The number of nitrogens with zero attached hydrogens (tertiary/aromatic N) is 2. The van der Waals surface area contributed by atoms with Gasteiger partial charge in [0.05, 0.1) is 5.52 Å². The van der Waals surface area contributed by atoms with Crippen LogP contribution in [-0.4, -0.2) is 16.5 Å². The quantitative estimate of drug-likeness (QED) is 0.755. The number of rotatable bonds is 2. The lowest BCUT2D eigenvalue weighted by molar-refractivity contribution is 1.17. The maximum atomic E-state index is 4.25. The van der Waals surface area contributed by atoms with Crippen LogP contribution in [0.1, 0.15) is 6.92 Å². The third-order valence-electron chi connectivity index (χ3n) is 1.87. The predicted molar refractivity (Wildman–Crippen MR) is 53.7 cm³/mol. The average Bonchev–Trinajstić information content (AvgIpc) is 2.19. The van der Waals surface area contributed by atoms with E-state index in [9.17, 15) is 0 Å². The van der Waals surface area contributed by atoms with Crippen LogP contribution < -0.4 is 5.32 Å². The molecule has 3 heteroatoms. The van der Waals surface area contributed by atoms with Crippen molar-refractivity contribution in [2.75, 3.05) is 11.9 Å². The minimum Gasteiger partial charge on any atom is -0.370 e. The highest BCUT2D eigenvalue weighted by Crippen LogP contribution is 2.17. The van der Waals surface area contributed by atoms with Gasteiger partial charge in [-0.1, -0.05) is 0 Å². The highest BCUT2D eigenvalue weighted by molar-refractivity contribution is 5.88. The minimum atomic E-state index is 0.876. The van der Waals surface area contributed by atoms with Crippen LogP contribution in [0.3, 0.4) is 0 Å². The number of anilines is 1. The molecule has 0 unspecified atom stereocenters. The summed E-state index contributed by atoms with van der Waals surface area (Å²) < 4.78 is 0. The van der Waals surface area contributed by atoms with Gasteiger partial charge >= 0.3 is 0 Å². The van der Waals surface area contributed by atoms with Gasteiger partial charge in [-0.3, -0.25) is 4.98 Å². The lowest BCUT2D eigenvalue weighted by Crippen LogP contribution is -1.99. The van der Waals surface area contributed by atoms with E-state index in [4.69, 9.17) is 0 Å². The van der Waals surface area contributed by atoms with Crippen LogP contribution >= 0.6 is 0 Å². The minimum absolute atomic E-state index is 0.876. The third kappa shape index (κ3) is 1.45. The Balaban J connectivity index is 2.61. The van der Waals surface area contributed by atoms with Gasteiger partial charge in [0.2, 0.25) is 0 Å². The second-order valence-corrected chi connectivity index (χ2v) is 2.76. The molecule has 2 rings (SSSR count). The van der Waals surface area contributed by atoms with E-state index in [1.807, 2.05) is 18.2 Å². The maximum absolute atomic E-state index is 4.25. The Bertz CT molecular complexity index is 406. The first-order valence-corrected chi connectivity index (χ1v) is 4.35. The number of hydrogen-bond donors (Lipinski definition) is 1. The molecule has 0 atom stereocenters. The van der Waals surface area contributed by atoms with Gasteiger partial charge in [-0.15, -0.1) is 0 Å². The fourth-order valence-corrected chi connectivity index (χ4v) is 1.31. The molecular formula is C10H11N3. The Morgan fingerprint density at radius 2 is 2.15 bits per heavy atom. The molecular weight excluding hydrogens is 162 g/mol. The number of aromatic nitrogens is 2. The van der Waals surface area contributed by atoms with Gasteiger partial charge in [0.25, 0.3) is 0 Å². The van der Waals surface area contributed by atoms with Crippen LogP contribution in [0, 0.1) is 0 Å². The summed E-state index contributed by atoms with van der Waals surface area (Å²) in [6.45, 7) is 2.93. The molecule has 0 aliphatic heterocycles. The van der Waals surface area contributed by atoms with E-state index in [1.165, 1.54) is 0 Å². The summed E-state index contributed by atoms with van der Waals surface area (Å²) in [6.07, 6.45) is 3.56. The van der Waals surface area contributed by atoms with Crippen LogP contribution in [-0.2, 0) is 0 Å². The van der Waals surface area contributed by atoms with Crippen molar-refractivity contribution in [3.8, 4) is 0 Å². The van der Waals surface area contributed by atoms with Crippen LogP contribution in [0.25, 0.3) is 10.9 Å². The normalized spacial score (nSPS) is 10.2. The average molecular weight is 173 g/mol. The molecule has 66 valence electrons. The van der Waals surface area contributed by atoms with E-state index < -0.39 is 0 Å². The summed E-state index contributed by atoms with van der Waals surface area (Å²) >= 11 is 0. The summed E-state index contributed by atoms with van der Waals surface area (Å²) in [7, 11) is 0. The van der Waals surface area contributed by atoms with Crippen molar-refractivity contribution >= 4 is 16.7 Å². The van der Waals surface area contributed by atoms with Crippen LogP contribution in [0.4, 0.5) is 5.82 Å².